The number of hydrogen-bond donors (Lipinski definition) is 1. The van der Waals surface area contributed by atoms with Gasteiger partial charge in [-0.1, -0.05) is 0 Å². The number of nitrogens with one attached hydrogen (secondary N) is 1. The van der Waals surface area contributed by atoms with Gasteiger partial charge in [0.1, 0.15) is 0 Å². The molecule has 0 spiro atoms. The van der Waals surface area contributed by atoms with Gasteiger partial charge in [0.15, 0.2) is 5.11 Å². The Morgan fingerprint density at radius 2 is 1.81 bits per heavy atom. The zero-order valence-electron chi connectivity index (χ0n) is 18.7. The van der Waals surface area contributed by atoms with E-state index in [2.05, 4.69) is 57.4 Å². The van der Waals surface area contributed by atoms with Crippen LogP contribution in [0, 0.1) is 13.8 Å². The molecular formula is C21H31N9S. The SMILES string of the molecule is CCn1ncc(Cn2cc(NC(=S)N3CCN(Cc4cn(C)nc4C)CC3)cn2)c1C. The maximum atomic E-state index is 5.66. The van der Waals surface area contributed by atoms with Crippen molar-refractivity contribution in [3.05, 3.63) is 47.3 Å². The highest BCUT2D eigenvalue weighted by Gasteiger charge is 2.20. The van der Waals surface area contributed by atoms with E-state index in [-0.39, 0.29) is 0 Å². The van der Waals surface area contributed by atoms with Gasteiger partial charge in [-0.15, -0.1) is 0 Å². The van der Waals surface area contributed by atoms with Crippen molar-refractivity contribution in [3.63, 3.8) is 0 Å². The molecule has 31 heavy (non-hydrogen) atoms. The van der Waals surface area contributed by atoms with Crippen LogP contribution in [0.5, 0.6) is 0 Å². The molecule has 0 amide bonds. The molecule has 1 N–H and O–H groups in total. The zero-order valence-corrected chi connectivity index (χ0v) is 19.6. The van der Waals surface area contributed by atoms with Crippen LogP contribution in [0.1, 0.15) is 29.4 Å². The fraction of sp³-hybridized carbons (Fsp3) is 0.524. The maximum Gasteiger partial charge on any atom is 0.173 e. The summed E-state index contributed by atoms with van der Waals surface area (Å²) in [6, 6.07) is 0. The van der Waals surface area contributed by atoms with Crippen LogP contribution in [0.3, 0.4) is 0 Å². The van der Waals surface area contributed by atoms with Gasteiger partial charge in [-0.25, -0.2) is 0 Å². The molecule has 0 unspecified atom stereocenters. The van der Waals surface area contributed by atoms with E-state index in [9.17, 15) is 0 Å². The Morgan fingerprint density at radius 1 is 1.03 bits per heavy atom. The van der Waals surface area contributed by atoms with Crippen molar-refractivity contribution in [2.75, 3.05) is 31.5 Å². The molecule has 0 bridgehead atoms. The van der Waals surface area contributed by atoms with Crippen LogP contribution in [-0.2, 0) is 26.7 Å². The Labute approximate surface area is 188 Å². The van der Waals surface area contributed by atoms with E-state index in [0.29, 0.717) is 6.54 Å². The first-order chi connectivity index (χ1) is 14.9. The highest BCUT2D eigenvalue weighted by molar-refractivity contribution is 7.80. The second-order valence-electron chi connectivity index (χ2n) is 8.10. The fourth-order valence-corrected chi connectivity index (χ4v) is 4.31. The normalized spacial score (nSPS) is 14.9. The van der Waals surface area contributed by atoms with Crippen LogP contribution in [-0.4, -0.2) is 70.4 Å². The van der Waals surface area contributed by atoms with E-state index in [0.717, 1.165) is 55.8 Å². The van der Waals surface area contributed by atoms with Crippen molar-refractivity contribution in [1.82, 2.24) is 39.1 Å². The molecular weight excluding hydrogens is 410 g/mol. The fourth-order valence-electron chi connectivity index (χ4n) is 4.00. The minimum atomic E-state index is 0.701. The second kappa shape index (κ2) is 9.19. The molecule has 1 saturated heterocycles. The zero-order chi connectivity index (χ0) is 22.0. The third kappa shape index (κ3) is 4.96. The summed E-state index contributed by atoms with van der Waals surface area (Å²) in [4.78, 5) is 4.69. The van der Waals surface area contributed by atoms with Crippen LogP contribution in [0.2, 0.25) is 0 Å². The molecule has 0 radical (unpaired) electrons. The Bertz CT molecular complexity index is 1040. The second-order valence-corrected chi connectivity index (χ2v) is 8.49. The lowest BCUT2D eigenvalue weighted by molar-refractivity contribution is 0.176. The molecule has 166 valence electrons. The molecule has 1 aliphatic heterocycles. The van der Waals surface area contributed by atoms with E-state index < -0.39 is 0 Å². The van der Waals surface area contributed by atoms with Crippen LogP contribution in [0.25, 0.3) is 0 Å². The molecule has 3 aromatic rings. The number of aryl methyl sites for hydroxylation is 3. The van der Waals surface area contributed by atoms with Crippen molar-refractivity contribution in [3.8, 4) is 0 Å². The van der Waals surface area contributed by atoms with Gasteiger partial charge in [-0.05, 0) is 33.0 Å². The van der Waals surface area contributed by atoms with Gasteiger partial charge in [0.2, 0.25) is 0 Å². The topological polar surface area (TPSA) is 72.0 Å². The first-order valence-electron chi connectivity index (χ1n) is 10.7. The van der Waals surface area contributed by atoms with Crippen molar-refractivity contribution in [2.24, 2.45) is 7.05 Å². The molecule has 0 aromatic carbocycles. The number of rotatable bonds is 6. The summed E-state index contributed by atoms with van der Waals surface area (Å²) in [6.45, 7) is 12.6. The van der Waals surface area contributed by atoms with Crippen molar-refractivity contribution in [1.29, 1.82) is 0 Å². The lowest BCUT2D eigenvalue weighted by Gasteiger charge is -2.36. The van der Waals surface area contributed by atoms with Crippen molar-refractivity contribution in [2.45, 2.75) is 40.4 Å². The Morgan fingerprint density at radius 3 is 2.45 bits per heavy atom. The number of hydrogen-bond acceptors (Lipinski definition) is 5. The molecule has 10 heteroatoms. The van der Waals surface area contributed by atoms with E-state index in [1.165, 1.54) is 16.8 Å². The number of anilines is 1. The standard InChI is InChI=1S/C21H31N9S/c1-5-30-17(3)18(10-23-30)14-29-15-20(11-22-29)24-21(31)28-8-6-27(7-9-28)13-19-12-26(4)25-16(19)2/h10-12,15H,5-9,13-14H2,1-4H3,(H,24,31). The van der Waals surface area contributed by atoms with Gasteiger partial charge in [0.05, 0.1) is 30.3 Å². The monoisotopic (exact) mass is 441 g/mol. The quantitative estimate of drug-likeness (QED) is 0.587. The average Bonchev–Trinajstić information content (AvgIpc) is 3.42. The molecule has 4 rings (SSSR count). The van der Waals surface area contributed by atoms with E-state index in [1.807, 2.05) is 39.7 Å². The van der Waals surface area contributed by atoms with Gasteiger partial charge in [0, 0.05) is 75.5 Å². The highest BCUT2D eigenvalue weighted by Crippen LogP contribution is 2.14. The molecule has 0 aliphatic carbocycles. The molecule has 4 heterocycles. The largest absolute Gasteiger partial charge is 0.346 e. The minimum Gasteiger partial charge on any atom is -0.346 e. The summed E-state index contributed by atoms with van der Waals surface area (Å²) in [7, 11) is 1.97. The third-order valence-electron chi connectivity index (χ3n) is 5.89. The van der Waals surface area contributed by atoms with E-state index in [1.54, 1.807) is 0 Å². The van der Waals surface area contributed by atoms with Gasteiger partial charge in [0.25, 0.3) is 0 Å². The predicted molar refractivity (Wildman–Crippen MR) is 125 cm³/mol. The van der Waals surface area contributed by atoms with Crippen LogP contribution < -0.4 is 5.32 Å². The van der Waals surface area contributed by atoms with Crippen molar-refractivity contribution < 1.29 is 0 Å². The first-order valence-corrected chi connectivity index (χ1v) is 11.1. The molecule has 9 nitrogen and oxygen atoms in total. The first kappa shape index (κ1) is 21.5. The van der Waals surface area contributed by atoms with E-state index in [4.69, 9.17) is 12.2 Å². The average molecular weight is 442 g/mol. The number of aromatic nitrogens is 6. The van der Waals surface area contributed by atoms with Gasteiger partial charge >= 0.3 is 0 Å². The maximum absolute atomic E-state index is 5.66. The van der Waals surface area contributed by atoms with Crippen LogP contribution >= 0.6 is 12.2 Å². The smallest absolute Gasteiger partial charge is 0.173 e. The molecule has 0 atom stereocenters. The van der Waals surface area contributed by atoms with Gasteiger partial charge < -0.3 is 10.2 Å². The Kier molecular flexibility index (Phi) is 6.38. The summed E-state index contributed by atoms with van der Waals surface area (Å²) in [6.07, 6.45) is 7.86. The number of thiocarbonyl (C=S) groups is 1. The molecule has 1 fully saturated rings. The minimum absolute atomic E-state index is 0.701. The third-order valence-corrected chi connectivity index (χ3v) is 6.25. The number of piperazine rings is 1. The molecule has 0 saturated carbocycles. The summed E-state index contributed by atoms with van der Waals surface area (Å²) in [5.74, 6) is 0. The molecule has 1 aliphatic rings. The summed E-state index contributed by atoms with van der Waals surface area (Å²) in [5.41, 5.74) is 5.68. The van der Waals surface area contributed by atoms with Gasteiger partial charge in [-0.2, -0.15) is 15.3 Å². The Balaban J connectivity index is 1.27. The summed E-state index contributed by atoms with van der Waals surface area (Å²) >= 11 is 5.66. The van der Waals surface area contributed by atoms with Crippen LogP contribution in [0.15, 0.2) is 24.8 Å². The van der Waals surface area contributed by atoms with Crippen LogP contribution in [0.4, 0.5) is 5.69 Å². The van der Waals surface area contributed by atoms with E-state index >= 15 is 0 Å². The highest BCUT2D eigenvalue weighted by atomic mass is 32.1. The van der Waals surface area contributed by atoms with Crippen molar-refractivity contribution >= 4 is 23.0 Å². The predicted octanol–water partition coefficient (Wildman–Crippen LogP) is 2.01. The lowest BCUT2D eigenvalue weighted by atomic mass is 10.2. The number of nitrogens with zero attached hydrogens (tertiary/aromatic N) is 8. The summed E-state index contributed by atoms with van der Waals surface area (Å²) < 4.78 is 5.81. The summed E-state index contributed by atoms with van der Waals surface area (Å²) in [5, 5.41) is 17.4. The van der Waals surface area contributed by atoms with Gasteiger partial charge in [-0.3, -0.25) is 18.9 Å². The Hall–Kier alpha value is -2.72. The lowest BCUT2D eigenvalue weighted by Crippen LogP contribution is -2.49. The molecule has 3 aromatic heterocycles.